The SMILES string of the molecule is O=C(Cc1ccc(Br)cc1)N/N=C\c1cc(Cl)cc([N+](=O)[O-])c1O. The van der Waals surface area contributed by atoms with Crippen LogP contribution in [0.3, 0.4) is 0 Å². The summed E-state index contributed by atoms with van der Waals surface area (Å²) in [6.07, 6.45) is 1.21. The Kier molecular flexibility index (Phi) is 5.88. The summed E-state index contributed by atoms with van der Waals surface area (Å²) in [4.78, 5) is 21.8. The zero-order valence-corrected chi connectivity index (χ0v) is 14.4. The molecule has 0 aliphatic rings. The molecule has 0 spiro atoms. The van der Waals surface area contributed by atoms with Crippen LogP contribution in [0.4, 0.5) is 5.69 Å². The second kappa shape index (κ2) is 7.89. The number of nitrogens with one attached hydrogen (secondary N) is 1. The van der Waals surface area contributed by atoms with Gasteiger partial charge in [0.1, 0.15) is 0 Å². The standard InChI is InChI=1S/C15H11BrClN3O4/c16-11-3-1-9(2-4-11)5-14(21)19-18-8-10-6-12(17)7-13(15(10)22)20(23)24/h1-4,6-8,22H,5H2,(H,19,21)/b18-8-. The van der Waals surface area contributed by atoms with Gasteiger partial charge in [0.2, 0.25) is 11.7 Å². The predicted molar refractivity (Wildman–Crippen MR) is 93.4 cm³/mol. The van der Waals surface area contributed by atoms with Gasteiger partial charge in [-0.1, -0.05) is 39.7 Å². The Labute approximate surface area is 150 Å². The maximum absolute atomic E-state index is 11.8. The highest BCUT2D eigenvalue weighted by molar-refractivity contribution is 9.10. The van der Waals surface area contributed by atoms with E-state index in [4.69, 9.17) is 11.6 Å². The van der Waals surface area contributed by atoms with E-state index >= 15 is 0 Å². The van der Waals surface area contributed by atoms with Crippen molar-refractivity contribution in [3.05, 3.63) is 67.1 Å². The van der Waals surface area contributed by atoms with Gasteiger partial charge in [0.15, 0.2) is 0 Å². The lowest BCUT2D eigenvalue weighted by atomic mass is 10.1. The first kappa shape index (κ1) is 17.9. The molecule has 24 heavy (non-hydrogen) atoms. The lowest BCUT2D eigenvalue weighted by Gasteiger charge is -2.02. The molecule has 0 heterocycles. The summed E-state index contributed by atoms with van der Waals surface area (Å²) in [5.74, 6) is -0.945. The molecule has 0 bridgehead atoms. The van der Waals surface area contributed by atoms with Crippen molar-refractivity contribution in [3.63, 3.8) is 0 Å². The van der Waals surface area contributed by atoms with Crippen LogP contribution >= 0.6 is 27.5 Å². The van der Waals surface area contributed by atoms with Crippen LogP contribution in [-0.2, 0) is 11.2 Å². The van der Waals surface area contributed by atoms with Crippen molar-refractivity contribution < 1.29 is 14.8 Å². The highest BCUT2D eigenvalue weighted by Gasteiger charge is 2.17. The van der Waals surface area contributed by atoms with Crippen LogP contribution in [0.25, 0.3) is 0 Å². The molecule has 0 aliphatic heterocycles. The Bertz CT molecular complexity index is 809. The third-order valence-corrected chi connectivity index (χ3v) is 3.70. The summed E-state index contributed by atoms with van der Waals surface area (Å²) in [6, 6.07) is 9.54. The van der Waals surface area contributed by atoms with Crippen molar-refractivity contribution in [3.8, 4) is 5.75 Å². The number of nitro benzene ring substituents is 1. The molecule has 2 aromatic rings. The van der Waals surface area contributed by atoms with Crippen molar-refractivity contribution in [1.29, 1.82) is 0 Å². The number of aromatic hydroxyl groups is 1. The number of nitrogens with zero attached hydrogens (tertiary/aromatic N) is 2. The van der Waals surface area contributed by atoms with Gasteiger partial charge >= 0.3 is 5.69 Å². The van der Waals surface area contributed by atoms with E-state index in [-0.39, 0.29) is 22.9 Å². The number of nitro groups is 1. The van der Waals surface area contributed by atoms with E-state index in [9.17, 15) is 20.0 Å². The number of benzene rings is 2. The van der Waals surface area contributed by atoms with Gasteiger partial charge < -0.3 is 5.11 Å². The number of hydrazone groups is 1. The normalized spacial score (nSPS) is 10.8. The molecule has 0 radical (unpaired) electrons. The van der Waals surface area contributed by atoms with E-state index in [1.807, 2.05) is 12.1 Å². The number of halogens is 2. The molecule has 2 aromatic carbocycles. The van der Waals surface area contributed by atoms with Crippen molar-refractivity contribution in [2.45, 2.75) is 6.42 Å². The van der Waals surface area contributed by atoms with Crippen LogP contribution in [-0.4, -0.2) is 22.2 Å². The second-order valence-corrected chi connectivity index (χ2v) is 6.07. The van der Waals surface area contributed by atoms with Gasteiger partial charge in [-0.3, -0.25) is 14.9 Å². The molecular weight excluding hydrogens is 402 g/mol. The topological polar surface area (TPSA) is 105 Å². The van der Waals surface area contributed by atoms with Gasteiger partial charge in [-0.25, -0.2) is 5.43 Å². The van der Waals surface area contributed by atoms with Gasteiger partial charge in [0.25, 0.3) is 0 Å². The molecule has 0 unspecified atom stereocenters. The van der Waals surface area contributed by atoms with E-state index in [0.29, 0.717) is 0 Å². The second-order valence-electron chi connectivity index (χ2n) is 4.72. The molecular formula is C15H11BrClN3O4. The molecule has 0 aromatic heterocycles. The van der Waals surface area contributed by atoms with Crippen LogP contribution in [0.5, 0.6) is 5.75 Å². The van der Waals surface area contributed by atoms with Crippen molar-refractivity contribution in [1.82, 2.24) is 5.43 Å². The quantitative estimate of drug-likeness (QED) is 0.446. The minimum Gasteiger partial charge on any atom is -0.502 e. The van der Waals surface area contributed by atoms with E-state index in [1.54, 1.807) is 12.1 Å². The minimum atomic E-state index is -0.759. The first-order valence-corrected chi connectivity index (χ1v) is 7.77. The minimum absolute atomic E-state index is 0.0261. The molecule has 0 saturated heterocycles. The number of hydrogen-bond acceptors (Lipinski definition) is 5. The lowest BCUT2D eigenvalue weighted by molar-refractivity contribution is -0.385. The summed E-state index contributed by atoms with van der Waals surface area (Å²) in [5.41, 5.74) is 2.57. The number of phenolic OH excluding ortho intramolecular Hbond substituents is 1. The van der Waals surface area contributed by atoms with Crippen LogP contribution in [0.2, 0.25) is 5.02 Å². The molecule has 0 atom stereocenters. The lowest BCUT2D eigenvalue weighted by Crippen LogP contribution is -2.19. The van der Waals surface area contributed by atoms with E-state index < -0.39 is 16.4 Å². The Balaban J connectivity index is 2.05. The molecule has 0 saturated carbocycles. The summed E-state index contributed by atoms with van der Waals surface area (Å²) < 4.78 is 0.905. The van der Waals surface area contributed by atoms with E-state index in [1.165, 1.54) is 6.07 Å². The van der Waals surface area contributed by atoms with Crippen LogP contribution in [0, 0.1) is 10.1 Å². The molecule has 7 nitrogen and oxygen atoms in total. The fourth-order valence-electron chi connectivity index (χ4n) is 1.84. The largest absolute Gasteiger partial charge is 0.502 e. The van der Waals surface area contributed by atoms with E-state index in [2.05, 4.69) is 26.5 Å². The van der Waals surface area contributed by atoms with Gasteiger partial charge in [0, 0.05) is 21.1 Å². The Morgan fingerprint density at radius 2 is 2.04 bits per heavy atom. The molecule has 9 heteroatoms. The number of rotatable bonds is 5. The third kappa shape index (κ3) is 4.77. The van der Waals surface area contributed by atoms with Crippen molar-refractivity contribution in [2.24, 2.45) is 5.10 Å². The fraction of sp³-hybridized carbons (Fsp3) is 0.0667. The number of carbonyl (C=O) groups excluding carboxylic acids is 1. The maximum atomic E-state index is 11.8. The maximum Gasteiger partial charge on any atom is 0.312 e. The van der Waals surface area contributed by atoms with Gasteiger partial charge in [-0.15, -0.1) is 0 Å². The molecule has 2 N–H and O–H groups in total. The van der Waals surface area contributed by atoms with Crippen LogP contribution < -0.4 is 5.43 Å². The zero-order chi connectivity index (χ0) is 17.7. The first-order valence-electron chi connectivity index (χ1n) is 6.60. The zero-order valence-electron chi connectivity index (χ0n) is 12.1. The Morgan fingerprint density at radius 1 is 1.38 bits per heavy atom. The van der Waals surface area contributed by atoms with Gasteiger partial charge in [-0.2, -0.15) is 5.10 Å². The van der Waals surface area contributed by atoms with Crippen molar-refractivity contribution >= 4 is 45.3 Å². The first-order chi connectivity index (χ1) is 11.4. The number of amides is 1. The highest BCUT2D eigenvalue weighted by atomic mass is 79.9. The predicted octanol–water partition coefficient (Wildman–Crippen LogP) is 3.41. The smallest absolute Gasteiger partial charge is 0.312 e. The van der Waals surface area contributed by atoms with Crippen LogP contribution in [0.1, 0.15) is 11.1 Å². The number of carbonyl (C=O) groups is 1. The van der Waals surface area contributed by atoms with Gasteiger partial charge in [-0.05, 0) is 23.8 Å². The Hall–Kier alpha value is -2.45. The summed E-state index contributed by atoms with van der Waals surface area (Å²) in [6.45, 7) is 0. The number of phenols is 1. The average Bonchev–Trinajstić information content (AvgIpc) is 2.52. The summed E-state index contributed by atoms with van der Waals surface area (Å²) >= 11 is 9.06. The van der Waals surface area contributed by atoms with E-state index in [0.717, 1.165) is 22.3 Å². The summed E-state index contributed by atoms with van der Waals surface area (Å²) in [5, 5.41) is 24.4. The molecule has 0 fully saturated rings. The average molecular weight is 413 g/mol. The highest BCUT2D eigenvalue weighted by Crippen LogP contribution is 2.32. The molecule has 124 valence electrons. The third-order valence-electron chi connectivity index (χ3n) is 2.95. The monoisotopic (exact) mass is 411 g/mol. The van der Waals surface area contributed by atoms with Crippen molar-refractivity contribution in [2.75, 3.05) is 0 Å². The molecule has 1 amide bonds. The number of hydrogen-bond donors (Lipinski definition) is 2. The van der Waals surface area contributed by atoms with Gasteiger partial charge in [0.05, 0.1) is 17.6 Å². The Morgan fingerprint density at radius 3 is 2.67 bits per heavy atom. The molecule has 0 aliphatic carbocycles. The molecule has 2 rings (SSSR count). The summed E-state index contributed by atoms with van der Waals surface area (Å²) in [7, 11) is 0. The fourth-order valence-corrected chi connectivity index (χ4v) is 2.33. The van der Waals surface area contributed by atoms with Crippen LogP contribution in [0.15, 0.2) is 46.0 Å².